The minimum absolute atomic E-state index is 0.0607. The van der Waals surface area contributed by atoms with E-state index in [1.165, 1.54) is 6.07 Å². The molecular formula is C12H15FN4O2. The molecule has 1 aromatic carbocycles. The second kappa shape index (κ2) is 5.21. The van der Waals surface area contributed by atoms with E-state index in [4.69, 9.17) is 0 Å². The van der Waals surface area contributed by atoms with Crippen LogP contribution in [0.15, 0.2) is 18.2 Å². The molecular weight excluding hydrogens is 251 g/mol. The van der Waals surface area contributed by atoms with Crippen LogP contribution in [0, 0.1) is 16.2 Å². The van der Waals surface area contributed by atoms with Gasteiger partial charge in [0.2, 0.25) is 5.10 Å². The molecule has 102 valence electrons. The third-order valence-corrected chi connectivity index (χ3v) is 3.06. The molecule has 0 bridgehead atoms. The molecule has 2 rings (SSSR count). The van der Waals surface area contributed by atoms with Crippen LogP contribution in [0.4, 0.5) is 10.3 Å². The summed E-state index contributed by atoms with van der Waals surface area (Å²) in [6.07, 6.45) is 1.61. The summed E-state index contributed by atoms with van der Waals surface area (Å²) in [5, 5.41) is 30.3. The van der Waals surface area contributed by atoms with Crippen molar-refractivity contribution in [2.24, 2.45) is 0 Å². The normalized spacial score (nSPS) is 11.2. The lowest BCUT2D eigenvalue weighted by molar-refractivity contribution is -0.672. The molecule has 0 aliphatic heterocycles. The van der Waals surface area contributed by atoms with Crippen molar-refractivity contribution in [3.8, 4) is 0 Å². The van der Waals surface area contributed by atoms with Crippen molar-refractivity contribution in [2.75, 3.05) is 5.32 Å². The highest BCUT2D eigenvalue weighted by Crippen LogP contribution is 2.10. The molecule has 0 atom stereocenters. The van der Waals surface area contributed by atoms with E-state index in [0.717, 1.165) is 25.0 Å². The first kappa shape index (κ1) is 13.3. The maximum Gasteiger partial charge on any atom is 0.461 e. The van der Waals surface area contributed by atoms with Crippen LogP contribution >= 0.6 is 0 Å². The van der Waals surface area contributed by atoms with E-state index in [9.17, 15) is 14.8 Å². The van der Waals surface area contributed by atoms with E-state index in [0.29, 0.717) is 4.73 Å². The van der Waals surface area contributed by atoms with Crippen LogP contribution in [0.5, 0.6) is 0 Å². The molecule has 19 heavy (non-hydrogen) atoms. The van der Waals surface area contributed by atoms with Crippen LogP contribution in [0.25, 0.3) is 11.0 Å². The molecule has 0 fully saturated rings. The first-order chi connectivity index (χ1) is 9.06. The molecule has 2 aromatic rings. The number of benzene rings is 1. The number of rotatable bonds is 4. The summed E-state index contributed by atoms with van der Waals surface area (Å²) in [5.41, 5.74) is -0.00930. The predicted molar refractivity (Wildman–Crippen MR) is 67.6 cm³/mol. The number of fused-ring (bicyclic) bond motifs is 1. The number of nitrogens with one attached hydrogen (secondary N) is 1. The molecule has 6 nitrogen and oxygen atoms in total. The van der Waals surface area contributed by atoms with Gasteiger partial charge in [-0.05, 0) is 25.0 Å². The Hall–Kier alpha value is -2.18. The summed E-state index contributed by atoms with van der Waals surface area (Å²) < 4.78 is 13.6. The number of halogens is 1. The lowest BCUT2D eigenvalue weighted by Crippen LogP contribution is -2.45. The van der Waals surface area contributed by atoms with Crippen molar-refractivity contribution in [1.82, 2.24) is 5.10 Å². The molecule has 1 heterocycles. The molecule has 0 saturated carbocycles. The zero-order valence-electron chi connectivity index (χ0n) is 10.8. The Morgan fingerprint density at radius 2 is 1.95 bits per heavy atom. The van der Waals surface area contributed by atoms with Crippen molar-refractivity contribution in [3.63, 3.8) is 0 Å². The number of anilines is 1. The van der Waals surface area contributed by atoms with Gasteiger partial charge in [0.05, 0.1) is 12.1 Å². The smallest absolute Gasteiger partial charge is 0.461 e. The number of hydrogen-bond acceptors (Lipinski definition) is 4. The van der Waals surface area contributed by atoms with Gasteiger partial charge in [0.15, 0.2) is 5.52 Å². The number of hydrogen-bond donors (Lipinski definition) is 1. The van der Waals surface area contributed by atoms with Crippen LogP contribution in [-0.2, 0) is 0 Å². The molecule has 7 heteroatoms. The second-order valence-electron chi connectivity index (χ2n) is 4.28. The van der Waals surface area contributed by atoms with Crippen LogP contribution in [0.3, 0.4) is 0 Å². The van der Waals surface area contributed by atoms with Crippen molar-refractivity contribution in [1.29, 1.82) is 0 Å². The third-order valence-electron chi connectivity index (χ3n) is 3.06. The minimum atomic E-state index is -0.584. The van der Waals surface area contributed by atoms with Gasteiger partial charge < -0.3 is 10.4 Å². The summed E-state index contributed by atoms with van der Waals surface area (Å²) in [6.45, 7) is 3.94. The Morgan fingerprint density at radius 3 is 2.58 bits per heavy atom. The standard InChI is InChI=1S/C12H15FN4O2/c1-3-9(4-2)14-12-15-17(19)11-7-8(13)5-6-10(11)16(12)18/h5-7,9H,3-4H2,1-2H3,(H,14,15). The van der Waals surface area contributed by atoms with Gasteiger partial charge in [-0.25, -0.2) is 9.12 Å². The van der Waals surface area contributed by atoms with E-state index in [1.807, 2.05) is 13.8 Å². The fourth-order valence-corrected chi connectivity index (χ4v) is 1.88. The van der Waals surface area contributed by atoms with E-state index in [2.05, 4.69) is 10.4 Å². The zero-order valence-corrected chi connectivity index (χ0v) is 10.8. The molecule has 0 unspecified atom stereocenters. The van der Waals surface area contributed by atoms with Gasteiger partial charge in [-0.15, -0.1) is 0 Å². The molecule has 0 amide bonds. The zero-order chi connectivity index (χ0) is 14.0. The monoisotopic (exact) mass is 266 g/mol. The summed E-state index contributed by atoms with van der Waals surface area (Å²) in [7, 11) is 0. The Kier molecular flexibility index (Phi) is 3.64. The van der Waals surface area contributed by atoms with Gasteiger partial charge >= 0.3 is 11.5 Å². The summed E-state index contributed by atoms with van der Waals surface area (Å²) >= 11 is 0. The highest BCUT2D eigenvalue weighted by Gasteiger charge is 2.22. The fraction of sp³-hybridized carbons (Fsp3) is 0.417. The first-order valence-electron chi connectivity index (χ1n) is 6.16. The fourth-order valence-electron chi connectivity index (χ4n) is 1.88. The Balaban J connectivity index is 2.52. The number of nitrogens with zero attached hydrogens (tertiary/aromatic N) is 3. The average molecular weight is 266 g/mol. The molecule has 0 radical (unpaired) electrons. The van der Waals surface area contributed by atoms with Crippen LogP contribution < -0.4 is 14.9 Å². The van der Waals surface area contributed by atoms with Gasteiger partial charge in [0.25, 0.3) is 0 Å². The molecule has 0 aliphatic carbocycles. The molecule has 0 spiro atoms. The van der Waals surface area contributed by atoms with Crippen LogP contribution in [-0.4, -0.2) is 11.1 Å². The van der Waals surface area contributed by atoms with E-state index in [1.54, 1.807) is 0 Å². The van der Waals surface area contributed by atoms with Crippen molar-refractivity contribution in [2.45, 2.75) is 32.7 Å². The molecule has 0 saturated heterocycles. The Bertz CT molecular complexity index is 602. The first-order valence-corrected chi connectivity index (χ1v) is 6.16. The largest absolute Gasteiger partial charge is 0.739 e. The van der Waals surface area contributed by atoms with E-state index < -0.39 is 5.82 Å². The summed E-state index contributed by atoms with van der Waals surface area (Å²) in [6, 6.07) is 3.46. The number of aromatic nitrogens is 3. The predicted octanol–water partition coefficient (Wildman–Crippen LogP) is 1.24. The quantitative estimate of drug-likeness (QED) is 0.667. The second-order valence-corrected chi connectivity index (χ2v) is 4.28. The minimum Gasteiger partial charge on any atom is -0.739 e. The van der Waals surface area contributed by atoms with Gasteiger partial charge in [0.1, 0.15) is 5.82 Å². The Labute approximate surface area is 109 Å². The maximum absolute atomic E-state index is 13.1. The highest BCUT2D eigenvalue weighted by molar-refractivity contribution is 5.67. The summed E-state index contributed by atoms with van der Waals surface area (Å²) in [5.74, 6) is -0.651. The topological polar surface area (TPSA) is 78.8 Å². The lowest BCUT2D eigenvalue weighted by Gasteiger charge is -2.14. The van der Waals surface area contributed by atoms with Crippen LogP contribution in [0.2, 0.25) is 0 Å². The summed E-state index contributed by atoms with van der Waals surface area (Å²) in [4.78, 5) is 0.261. The highest BCUT2D eigenvalue weighted by atomic mass is 19.1. The van der Waals surface area contributed by atoms with Gasteiger partial charge in [-0.3, -0.25) is 5.32 Å². The third kappa shape index (κ3) is 2.49. The van der Waals surface area contributed by atoms with Gasteiger partial charge in [0, 0.05) is 4.85 Å². The SMILES string of the molecule is CCC(CC)Nc1n[n+]([O-])c2cc(F)ccc2[n+]1[O-]. The van der Waals surface area contributed by atoms with Crippen molar-refractivity contribution in [3.05, 3.63) is 34.4 Å². The van der Waals surface area contributed by atoms with Crippen molar-refractivity contribution < 1.29 is 14.0 Å². The Morgan fingerprint density at radius 1 is 1.26 bits per heavy atom. The maximum atomic E-state index is 13.1. The average Bonchev–Trinajstić information content (AvgIpc) is 2.41. The van der Waals surface area contributed by atoms with Crippen LogP contribution in [0.1, 0.15) is 26.7 Å². The van der Waals surface area contributed by atoms with Gasteiger partial charge in [-0.2, -0.15) is 0 Å². The molecule has 0 aliphatic rings. The van der Waals surface area contributed by atoms with Crippen molar-refractivity contribution >= 4 is 17.0 Å². The molecule has 1 aromatic heterocycles. The van der Waals surface area contributed by atoms with Gasteiger partial charge in [-0.1, -0.05) is 13.8 Å². The molecule has 1 N–H and O–H groups in total. The lowest BCUT2D eigenvalue weighted by atomic mass is 10.2. The van der Waals surface area contributed by atoms with E-state index in [-0.39, 0.29) is 27.9 Å². The van der Waals surface area contributed by atoms with E-state index >= 15 is 0 Å².